The number of piperidine rings is 1. The molecular weight excluding hydrogens is 441 g/mol. The summed E-state index contributed by atoms with van der Waals surface area (Å²) >= 11 is 0. The van der Waals surface area contributed by atoms with Gasteiger partial charge in [0.15, 0.2) is 0 Å². The van der Waals surface area contributed by atoms with Gasteiger partial charge in [0.25, 0.3) is 0 Å². The van der Waals surface area contributed by atoms with Crippen molar-refractivity contribution >= 4 is 11.9 Å². The minimum absolute atomic E-state index is 0. The zero-order valence-corrected chi connectivity index (χ0v) is 19.0. The topological polar surface area (TPSA) is 42.4 Å². The van der Waals surface area contributed by atoms with Crippen molar-refractivity contribution in [2.45, 2.75) is 70.1 Å². The van der Waals surface area contributed by atoms with Crippen molar-refractivity contribution in [2.24, 2.45) is 0 Å². The summed E-state index contributed by atoms with van der Waals surface area (Å²) in [5.41, 5.74) is 0.803. The van der Waals surface area contributed by atoms with Crippen LogP contribution in [0.3, 0.4) is 0 Å². The number of halogens is 1. The standard InChI is InChI=1S/C20H32N3O2.HI/c1-20(2,3)25-19(24)22-15-8-7-9-17(22)16(12-15)14-10-11-18(21-13-14)23(4,5)6;/h10-11,13,15-17H,7-9,12H2,1-6H3;1H/q+1;/p-1. The lowest BCUT2D eigenvalue weighted by Gasteiger charge is -2.37. The highest BCUT2D eigenvalue weighted by Crippen LogP contribution is 2.45. The second kappa shape index (κ2) is 7.62. The number of carbonyl (C=O) groups excluding carboxylic acids is 1. The molecule has 2 bridgehead atoms. The Labute approximate surface area is 174 Å². The number of amides is 1. The van der Waals surface area contributed by atoms with Gasteiger partial charge in [-0.25, -0.2) is 9.78 Å². The van der Waals surface area contributed by atoms with Crippen LogP contribution in [0.5, 0.6) is 0 Å². The molecule has 2 aliphatic heterocycles. The Morgan fingerprint density at radius 3 is 2.46 bits per heavy atom. The van der Waals surface area contributed by atoms with Crippen molar-refractivity contribution < 1.29 is 33.5 Å². The summed E-state index contributed by atoms with van der Waals surface area (Å²) in [6, 6.07) is 4.86. The molecule has 0 spiro atoms. The molecular formula is C20H32IN3O2. The van der Waals surface area contributed by atoms with E-state index in [-0.39, 0.29) is 36.1 Å². The van der Waals surface area contributed by atoms with Gasteiger partial charge < -0.3 is 33.6 Å². The second-order valence-electron chi connectivity index (χ2n) is 9.34. The molecule has 5 nitrogen and oxygen atoms in total. The van der Waals surface area contributed by atoms with E-state index < -0.39 is 5.60 Å². The number of pyridine rings is 1. The summed E-state index contributed by atoms with van der Waals surface area (Å²) in [6.07, 6.45) is 6.21. The van der Waals surface area contributed by atoms with E-state index in [1.807, 2.05) is 31.9 Å². The van der Waals surface area contributed by atoms with E-state index in [1.54, 1.807) is 0 Å². The number of ether oxygens (including phenoxy) is 1. The smallest absolute Gasteiger partial charge is 0.410 e. The molecule has 0 aromatic carbocycles. The minimum Gasteiger partial charge on any atom is -1.00 e. The highest BCUT2D eigenvalue weighted by atomic mass is 127. The molecule has 3 rings (SSSR count). The molecule has 1 aromatic rings. The molecule has 3 heterocycles. The van der Waals surface area contributed by atoms with Crippen molar-refractivity contribution in [3.63, 3.8) is 0 Å². The van der Waals surface area contributed by atoms with E-state index in [4.69, 9.17) is 4.74 Å². The lowest BCUT2D eigenvalue weighted by atomic mass is 9.91. The van der Waals surface area contributed by atoms with Crippen LogP contribution < -0.4 is 28.5 Å². The third kappa shape index (κ3) is 4.50. The molecule has 146 valence electrons. The number of aromatic nitrogens is 1. The van der Waals surface area contributed by atoms with Gasteiger partial charge in [0.1, 0.15) is 5.60 Å². The van der Waals surface area contributed by atoms with Gasteiger partial charge in [-0.1, -0.05) is 0 Å². The Morgan fingerprint density at radius 2 is 1.92 bits per heavy atom. The van der Waals surface area contributed by atoms with Crippen LogP contribution in [0.15, 0.2) is 18.3 Å². The van der Waals surface area contributed by atoms with Crippen molar-refractivity contribution in [1.82, 2.24) is 14.4 Å². The number of quaternary nitrogens is 1. The Bertz CT molecular complexity index is 634. The van der Waals surface area contributed by atoms with Gasteiger partial charge in [0.05, 0.1) is 21.1 Å². The molecule has 26 heavy (non-hydrogen) atoms. The molecule has 0 saturated carbocycles. The molecule has 2 saturated heterocycles. The molecule has 6 heteroatoms. The van der Waals surface area contributed by atoms with E-state index in [2.05, 4.69) is 38.3 Å². The summed E-state index contributed by atoms with van der Waals surface area (Å²) in [5.74, 6) is 1.42. The lowest BCUT2D eigenvalue weighted by molar-refractivity contribution is -0.000155. The summed E-state index contributed by atoms with van der Waals surface area (Å²) in [6.45, 7) is 5.80. The van der Waals surface area contributed by atoms with Crippen LogP contribution >= 0.6 is 0 Å². The first-order valence-electron chi connectivity index (χ1n) is 9.35. The van der Waals surface area contributed by atoms with E-state index >= 15 is 0 Å². The van der Waals surface area contributed by atoms with Crippen molar-refractivity contribution in [2.75, 3.05) is 21.1 Å². The molecule has 1 amide bonds. The average molecular weight is 473 g/mol. The van der Waals surface area contributed by atoms with Crippen molar-refractivity contribution in [1.29, 1.82) is 0 Å². The Kier molecular flexibility index (Phi) is 6.27. The molecule has 1 aromatic heterocycles. The van der Waals surface area contributed by atoms with Crippen molar-refractivity contribution in [3.8, 4) is 0 Å². The van der Waals surface area contributed by atoms with Gasteiger partial charge in [-0.05, 0) is 58.1 Å². The summed E-state index contributed by atoms with van der Waals surface area (Å²) in [4.78, 5) is 19.4. The number of rotatable bonds is 2. The molecule has 3 unspecified atom stereocenters. The van der Waals surface area contributed by atoms with Gasteiger partial charge in [-0.3, -0.25) is 4.48 Å². The summed E-state index contributed by atoms with van der Waals surface area (Å²) < 4.78 is 6.38. The lowest BCUT2D eigenvalue weighted by Crippen LogP contribution is -3.00. The third-order valence-electron chi connectivity index (χ3n) is 5.27. The second-order valence-corrected chi connectivity index (χ2v) is 9.34. The first-order chi connectivity index (χ1) is 11.6. The van der Waals surface area contributed by atoms with Crippen LogP contribution in [-0.2, 0) is 4.74 Å². The number of hydrogen-bond donors (Lipinski definition) is 0. The molecule has 0 radical (unpaired) electrons. The largest absolute Gasteiger partial charge is 1.00 e. The molecule has 2 aliphatic rings. The first-order valence-corrected chi connectivity index (χ1v) is 9.35. The predicted molar refractivity (Wildman–Crippen MR) is 101 cm³/mol. The fourth-order valence-electron chi connectivity index (χ4n) is 4.16. The number of fused-ring (bicyclic) bond motifs is 2. The normalized spacial score (nSPS) is 25.6. The van der Waals surface area contributed by atoms with Gasteiger partial charge in [-0.15, -0.1) is 0 Å². The summed E-state index contributed by atoms with van der Waals surface area (Å²) in [7, 11) is 6.36. The maximum atomic E-state index is 12.7. The van der Waals surface area contributed by atoms with Crippen LogP contribution in [0.25, 0.3) is 0 Å². The highest BCUT2D eigenvalue weighted by molar-refractivity contribution is 5.70. The average Bonchev–Trinajstić information content (AvgIpc) is 2.71. The highest BCUT2D eigenvalue weighted by Gasteiger charge is 2.47. The van der Waals surface area contributed by atoms with Gasteiger partial charge >= 0.3 is 6.09 Å². The van der Waals surface area contributed by atoms with Crippen LogP contribution in [-0.4, -0.2) is 54.8 Å². The van der Waals surface area contributed by atoms with Crippen LogP contribution in [0.4, 0.5) is 10.6 Å². The van der Waals surface area contributed by atoms with E-state index in [0.29, 0.717) is 16.4 Å². The zero-order chi connectivity index (χ0) is 18.4. The fraction of sp³-hybridized carbons (Fsp3) is 0.700. The van der Waals surface area contributed by atoms with Crippen LogP contribution in [0.2, 0.25) is 0 Å². The quantitative estimate of drug-likeness (QED) is 0.474. The Morgan fingerprint density at radius 1 is 1.23 bits per heavy atom. The number of hydrogen-bond acceptors (Lipinski definition) is 3. The van der Waals surface area contributed by atoms with Crippen molar-refractivity contribution in [3.05, 3.63) is 23.9 Å². The number of carbonyl (C=O) groups is 1. The van der Waals surface area contributed by atoms with Gasteiger partial charge in [0.2, 0.25) is 5.82 Å². The fourth-order valence-corrected chi connectivity index (χ4v) is 4.16. The first kappa shape index (κ1) is 21.4. The minimum atomic E-state index is -0.447. The SMILES string of the molecule is CC(C)(C)OC(=O)N1C2CCCC1C(c1ccc([N+](C)(C)C)nc1)C2.[I-]. The molecule has 0 N–H and O–H groups in total. The predicted octanol–water partition coefficient (Wildman–Crippen LogP) is 0.928. The van der Waals surface area contributed by atoms with E-state index in [1.165, 1.54) is 12.0 Å². The third-order valence-corrected chi connectivity index (χ3v) is 5.27. The van der Waals surface area contributed by atoms with Gasteiger partial charge in [-0.2, -0.15) is 0 Å². The van der Waals surface area contributed by atoms with E-state index in [9.17, 15) is 4.79 Å². The van der Waals surface area contributed by atoms with Crippen LogP contribution in [0, 0.1) is 0 Å². The number of nitrogens with zero attached hydrogens (tertiary/aromatic N) is 3. The maximum Gasteiger partial charge on any atom is 0.410 e. The molecule has 3 atom stereocenters. The Balaban J connectivity index is 0.00000243. The molecule has 0 aliphatic carbocycles. The molecule has 2 fully saturated rings. The van der Waals surface area contributed by atoms with Crippen LogP contribution in [0.1, 0.15) is 57.9 Å². The van der Waals surface area contributed by atoms with Gasteiger partial charge in [0, 0.05) is 30.3 Å². The van der Waals surface area contributed by atoms with E-state index in [0.717, 1.165) is 25.1 Å². The zero-order valence-electron chi connectivity index (χ0n) is 16.8. The monoisotopic (exact) mass is 473 g/mol. The maximum absolute atomic E-state index is 12.7. The summed E-state index contributed by atoms with van der Waals surface area (Å²) in [5, 5.41) is 0. The Hall–Kier alpha value is -0.890.